The van der Waals surface area contributed by atoms with Gasteiger partial charge in [0.25, 0.3) is 0 Å². The third kappa shape index (κ3) is 3.68. The van der Waals surface area contributed by atoms with Crippen molar-refractivity contribution in [3.8, 4) is 28.1 Å². The van der Waals surface area contributed by atoms with E-state index in [2.05, 4.69) is 25.7 Å². The highest BCUT2D eigenvalue weighted by Crippen LogP contribution is 2.30. The zero-order valence-electron chi connectivity index (χ0n) is 17.7. The molecule has 0 aliphatic rings. The molecule has 162 valence electrons. The molecule has 0 aliphatic carbocycles. The molecular formula is C21H20FN9O. The molecular weight excluding hydrogens is 413 g/mol. The molecule has 0 saturated carbocycles. The number of aromatic nitrogens is 9. The van der Waals surface area contributed by atoms with E-state index >= 15 is 0 Å². The Balaban J connectivity index is 1.48. The van der Waals surface area contributed by atoms with Crippen LogP contribution in [0.15, 0.2) is 49.2 Å². The minimum atomic E-state index is -0.450. The normalized spacial score (nSPS) is 12.4. The summed E-state index contributed by atoms with van der Waals surface area (Å²) in [6.07, 6.45) is 6.69. The molecule has 0 aliphatic heterocycles. The third-order valence-corrected chi connectivity index (χ3v) is 5.06. The molecule has 4 heterocycles. The summed E-state index contributed by atoms with van der Waals surface area (Å²) < 4.78 is 25.3. The van der Waals surface area contributed by atoms with Crippen molar-refractivity contribution in [3.05, 3.63) is 60.7 Å². The van der Waals surface area contributed by atoms with Crippen LogP contribution in [0, 0.1) is 12.7 Å². The Morgan fingerprint density at radius 1 is 1.19 bits per heavy atom. The molecule has 0 unspecified atom stereocenters. The Labute approximate surface area is 182 Å². The zero-order chi connectivity index (χ0) is 22.2. The van der Waals surface area contributed by atoms with Gasteiger partial charge in [-0.3, -0.25) is 4.68 Å². The van der Waals surface area contributed by atoms with Gasteiger partial charge in [0.15, 0.2) is 17.2 Å². The Bertz CT molecular complexity index is 1390. The van der Waals surface area contributed by atoms with E-state index in [1.165, 1.54) is 17.1 Å². The summed E-state index contributed by atoms with van der Waals surface area (Å²) in [6, 6.07) is 6.54. The van der Waals surface area contributed by atoms with E-state index in [1.807, 2.05) is 39.4 Å². The van der Waals surface area contributed by atoms with Crippen molar-refractivity contribution < 1.29 is 9.13 Å². The van der Waals surface area contributed by atoms with Gasteiger partial charge in [-0.25, -0.2) is 18.6 Å². The molecule has 1 atom stereocenters. The van der Waals surface area contributed by atoms with Crippen molar-refractivity contribution in [2.24, 2.45) is 7.05 Å². The van der Waals surface area contributed by atoms with Crippen molar-refractivity contribution in [3.63, 3.8) is 0 Å². The van der Waals surface area contributed by atoms with Crippen molar-refractivity contribution >= 4 is 5.65 Å². The summed E-state index contributed by atoms with van der Waals surface area (Å²) in [4.78, 5) is 4.80. The number of hydrogen-bond donors (Lipinski definition) is 0. The maximum absolute atomic E-state index is 14.4. The van der Waals surface area contributed by atoms with Crippen LogP contribution in [0.5, 0.6) is 5.75 Å². The average Bonchev–Trinajstić information content (AvgIpc) is 3.49. The number of tetrazole rings is 1. The number of hydrogen-bond acceptors (Lipinski definition) is 7. The molecule has 0 bridgehead atoms. The average molecular weight is 433 g/mol. The molecule has 10 nitrogen and oxygen atoms in total. The summed E-state index contributed by atoms with van der Waals surface area (Å²) in [7, 11) is 1.88. The highest BCUT2D eigenvalue weighted by atomic mass is 19.1. The van der Waals surface area contributed by atoms with Crippen LogP contribution < -0.4 is 4.74 Å². The van der Waals surface area contributed by atoms with Gasteiger partial charge in [0.2, 0.25) is 0 Å². The molecule has 5 aromatic rings. The summed E-state index contributed by atoms with van der Waals surface area (Å²) in [5.41, 5.74) is 4.84. The van der Waals surface area contributed by atoms with Crippen LogP contribution in [0.2, 0.25) is 0 Å². The van der Waals surface area contributed by atoms with Crippen molar-refractivity contribution in [1.29, 1.82) is 0 Å². The zero-order valence-corrected chi connectivity index (χ0v) is 17.7. The number of aryl methyl sites for hydroxylation is 2. The van der Waals surface area contributed by atoms with E-state index in [-0.39, 0.29) is 11.9 Å². The molecule has 0 fully saturated rings. The number of ether oxygens (including phenoxy) is 1. The van der Waals surface area contributed by atoms with E-state index in [1.54, 1.807) is 27.5 Å². The number of nitrogens with zero attached hydrogens (tertiary/aromatic N) is 9. The lowest BCUT2D eigenvalue weighted by molar-refractivity contribution is 0.185. The van der Waals surface area contributed by atoms with Crippen LogP contribution in [0.3, 0.4) is 0 Å². The van der Waals surface area contributed by atoms with E-state index < -0.39 is 5.82 Å². The quantitative estimate of drug-likeness (QED) is 0.406. The van der Waals surface area contributed by atoms with Crippen molar-refractivity contribution in [2.45, 2.75) is 26.5 Å². The fourth-order valence-corrected chi connectivity index (χ4v) is 3.62. The maximum atomic E-state index is 14.4. The standard InChI is InChI=1S/C21H20FN9O/c1-13(10-30-12-23-27-28-30)32-20-8-15(4-5-18(20)22)19-6-7-31-21(25-19)16(9-24-31)17-11-29(3)26-14(17)2/h4-9,11-13H,10H2,1-3H3/t13-/m0/s1. The van der Waals surface area contributed by atoms with Gasteiger partial charge in [0, 0.05) is 36.1 Å². The first-order chi connectivity index (χ1) is 15.5. The molecule has 32 heavy (non-hydrogen) atoms. The minimum Gasteiger partial charge on any atom is -0.486 e. The number of halogens is 1. The van der Waals surface area contributed by atoms with Gasteiger partial charge in [-0.15, -0.1) is 5.10 Å². The topological polar surface area (TPSA) is 101 Å². The molecule has 0 amide bonds. The van der Waals surface area contributed by atoms with Crippen LogP contribution in [0.25, 0.3) is 28.0 Å². The van der Waals surface area contributed by atoms with Crippen LogP contribution in [0.1, 0.15) is 12.6 Å². The lowest BCUT2D eigenvalue weighted by Crippen LogP contribution is -2.20. The lowest BCUT2D eigenvalue weighted by Gasteiger charge is -2.15. The van der Waals surface area contributed by atoms with Crippen LogP contribution in [0.4, 0.5) is 4.39 Å². The monoisotopic (exact) mass is 433 g/mol. The van der Waals surface area contributed by atoms with Crippen LogP contribution in [-0.4, -0.2) is 50.7 Å². The van der Waals surface area contributed by atoms with E-state index in [9.17, 15) is 4.39 Å². The van der Waals surface area contributed by atoms with Gasteiger partial charge in [-0.1, -0.05) is 0 Å². The second-order valence-electron chi connectivity index (χ2n) is 7.55. The Morgan fingerprint density at radius 2 is 2.06 bits per heavy atom. The van der Waals surface area contributed by atoms with E-state index in [0.29, 0.717) is 17.9 Å². The largest absolute Gasteiger partial charge is 0.486 e. The first-order valence-electron chi connectivity index (χ1n) is 10.0. The second-order valence-corrected chi connectivity index (χ2v) is 7.55. The van der Waals surface area contributed by atoms with Gasteiger partial charge < -0.3 is 4.74 Å². The summed E-state index contributed by atoms with van der Waals surface area (Å²) in [5, 5.41) is 19.8. The van der Waals surface area contributed by atoms with Crippen LogP contribution >= 0.6 is 0 Å². The molecule has 0 radical (unpaired) electrons. The number of rotatable bonds is 6. The van der Waals surface area contributed by atoms with Gasteiger partial charge in [-0.05, 0) is 48.5 Å². The smallest absolute Gasteiger partial charge is 0.165 e. The highest BCUT2D eigenvalue weighted by Gasteiger charge is 2.16. The minimum absolute atomic E-state index is 0.140. The first kappa shape index (κ1) is 19.8. The predicted octanol–water partition coefficient (Wildman–Crippen LogP) is 2.70. The molecule has 0 spiro atoms. The lowest BCUT2D eigenvalue weighted by atomic mass is 10.1. The first-order valence-corrected chi connectivity index (χ1v) is 10.0. The third-order valence-electron chi connectivity index (χ3n) is 5.06. The van der Waals surface area contributed by atoms with Gasteiger partial charge in [0.05, 0.1) is 24.1 Å². The molecule has 5 rings (SSSR count). The van der Waals surface area contributed by atoms with Gasteiger partial charge >= 0.3 is 0 Å². The van der Waals surface area contributed by atoms with Crippen LogP contribution in [-0.2, 0) is 13.6 Å². The molecule has 0 saturated heterocycles. The van der Waals surface area contributed by atoms with Crippen molar-refractivity contribution in [2.75, 3.05) is 0 Å². The molecule has 0 N–H and O–H groups in total. The van der Waals surface area contributed by atoms with E-state index in [4.69, 9.17) is 9.72 Å². The number of benzene rings is 1. The van der Waals surface area contributed by atoms with Gasteiger partial charge in [0.1, 0.15) is 12.4 Å². The fourth-order valence-electron chi connectivity index (χ4n) is 3.62. The molecule has 4 aromatic heterocycles. The Kier molecular flexibility index (Phi) is 4.85. The summed E-state index contributed by atoms with van der Waals surface area (Å²) >= 11 is 0. The SMILES string of the molecule is Cc1nn(C)cc1-c1cnn2ccc(-c3ccc(F)c(O[C@@H](C)Cn4cnnn4)c3)nc12. The molecule has 1 aromatic carbocycles. The van der Waals surface area contributed by atoms with Crippen molar-refractivity contribution in [1.82, 2.24) is 44.6 Å². The van der Waals surface area contributed by atoms with Gasteiger partial charge in [-0.2, -0.15) is 10.2 Å². The fraction of sp³-hybridized carbons (Fsp3) is 0.238. The summed E-state index contributed by atoms with van der Waals surface area (Å²) in [5.74, 6) is -0.309. The maximum Gasteiger partial charge on any atom is 0.165 e. The molecule has 11 heteroatoms. The second kappa shape index (κ2) is 7.84. The Morgan fingerprint density at radius 3 is 2.81 bits per heavy atom. The number of fused-ring (bicyclic) bond motifs is 1. The highest BCUT2D eigenvalue weighted by molar-refractivity contribution is 5.79. The predicted molar refractivity (Wildman–Crippen MR) is 113 cm³/mol. The summed E-state index contributed by atoms with van der Waals surface area (Å²) in [6.45, 7) is 4.17. The van der Waals surface area contributed by atoms with E-state index in [0.717, 1.165) is 22.4 Å². The Hall–Kier alpha value is -4.15.